The Labute approximate surface area is 172 Å². The van der Waals surface area contributed by atoms with Crippen molar-refractivity contribution in [2.24, 2.45) is 0 Å². The van der Waals surface area contributed by atoms with Gasteiger partial charge in [-0.15, -0.1) is 0 Å². The molecule has 0 saturated carbocycles. The summed E-state index contributed by atoms with van der Waals surface area (Å²) in [6, 6.07) is 16.4. The van der Waals surface area contributed by atoms with Crippen LogP contribution in [0, 0.1) is 13.8 Å². The molecule has 1 fully saturated rings. The van der Waals surface area contributed by atoms with Gasteiger partial charge in [0, 0.05) is 17.0 Å². The van der Waals surface area contributed by atoms with Crippen molar-refractivity contribution < 1.29 is 14.2 Å². The molecule has 1 aromatic heterocycles. The fourth-order valence-corrected chi connectivity index (χ4v) is 4.36. The first-order valence-electron chi connectivity index (χ1n) is 10.5. The van der Waals surface area contributed by atoms with E-state index in [0.29, 0.717) is 0 Å². The van der Waals surface area contributed by atoms with Crippen molar-refractivity contribution >= 4 is 17.0 Å². The van der Waals surface area contributed by atoms with E-state index in [-0.39, 0.29) is 5.63 Å². The van der Waals surface area contributed by atoms with Gasteiger partial charge >= 0.3 is 5.63 Å². The molecule has 2 aromatic carbocycles. The monoisotopic (exact) mass is 390 g/mol. The number of benzene rings is 2. The van der Waals surface area contributed by atoms with Gasteiger partial charge in [0.15, 0.2) is 0 Å². The predicted molar refractivity (Wildman–Crippen MR) is 117 cm³/mol. The lowest BCUT2D eigenvalue weighted by Gasteiger charge is -2.29. The van der Waals surface area contributed by atoms with Crippen molar-refractivity contribution in [3.63, 3.8) is 0 Å². The first-order chi connectivity index (χ1) is 14.1. The Morgan fingerprint density at radius 2 is 1.69 bits per heavy atom. The number of quaternary nitrogens is 2. The van der Waals surface area contributed by atoms with Crippen LogP contribution in [0.3, 0.4) is 0 Å². The van der Waals surface area contributed by atoms with Crippen LogP contribution in [0.1, 0.15) is 22.3 Å². The van der Waals surface area contributed by atoms with Gasteiger partial charge in [0.2, 0.25) is 0 Å². The van der Waals surface area contributed by atoms with Gasteiger partial charge in [-0.3, -0.25) is 0 Å². The zero-order chi connectivity index (χ0) is 20.2. The fraction of sp³-hybridized carbons (Fsp3) is 0.320. The van der Waals surface area contributed by atoms with E-state index in [9.17, 15) is 4.79 Å². The molecule has 1 aliphatic heterocycles. The summed E-state index contributed by atoms with van der Waals surface area (Å²) in [6.45, 7) is 10.6. The highest BCUT2D eigenvalue weighted by molar-refractivity contribution is 5.83. The summed E-state index contributed by atoms with van der Waals surface area (Å²) >= 11 is 0. The summed E-state index contributed by atoms with van der Waals surface area (Å²) in [6.07, 6.45) is 4.50. The van der Waals surface area contributed by atoms with Crippen molar-refractivity contribution in [2.75, 3.05) is 32.7 Å². The van der Waals surface area contributed by atoms with Crippen molar-refractivity contribution in [3.05, 3.63) is 87.3 Å². The predicted octanol–water partition coefficient (Wildman–Crippen LogP) is 1.41. The Morgan fingerprint density at radius 3 is 2.45 bits per heavy atom. The lowest BCUT2D eigenvalue weighted by Crippen LogP contribution is -3.27. The lowest BCUT2D eigenvalue weighted by molar-refractivity contribution is -1.02. The van der Waals surface area contributed by atoms with Crippen LogP contribution in [0.15, 0.2) is 63.8 Å². The van der Waals surface area contributed by atoms with Crippen molar-refractivity contribution in [1.82, 2.24) is 0 Å². The Balaban J connectivity index is 1.39. The Hall–Kier alpha value is -2.69. The van der Waals surface area contributed by atoms with Crippen LogP contribution in [0.4, 0.5) is 0 Å². The van der Waals surface area contributed by atoms with E-state index in [0.717, 1.165) is 61.4 Å². The molecule has 4 heteroatoms. The van der Waals surface area contributed by atoms with Gasteiger partial charge in [0.25, 0.3) is 0 Å². The van der Waals surface area contributed by atoms with Crippen molar-refractivity contribution in [3.8, 4) is 0 Å². The molecule has 2 N–H and O–H groups in total. The average Bonchev–Trinajstić information content (AvgIpc) is 2.71. The minimum atomic E-state index is -0.242. The van der Waals surface area contributed by atoms with E-state index in [1.807, 2.05) is 13.0 Å². The molecule has 4 rings (SSSR count). The van der Waals surface area contributed by atoms with Gasteiger partial charge in [0.05, 0.1) is 6.54 Å². The maximum Gasteiger partial charge on any atom is 0.336 e. The number of hydrogen-bond donors (Lipinski definition) is 2. The van der Waals surface area contributed by atoms with E-state index in [1.54, 1.807) is 15.9 Å². The topological polar surface area (TPSA) is 39.1 Å². The number of fused-ring (bicyclic) bond motifs is 1. The molecule has 29 heavy (non-hydrogen) atoms. The third-order valence-electron chi connectivity index (χ3n) is 5.88. The molecule has 0 amide bonds. The van der Waals surface area contributed by atoms with Crippen LogP contribution in [-0.2, 0) is 6.54 Å². The highest BCUT2D eigenvalue weighted by Crippen LogP contribution is 2.22. The SMILES string of the molecule is Cc1cc(C)c2oc(=O)cc(C[NH+]3CC[NH+](C/C=C/c4ccccc4)CC3)c2c1. The zero-order valence-corrected chi connectivity index (χ0v) is 17.3. The van der Waals surface area contributed by atoms with Crippen LogP contribution in [-0.4, -0.2) is 32.7 Å². The second-order valence-electron chi connectivity index (χ2n) is 8.24. The molecule has 150 valence electrons. The summed E-state index contributed by atoms with van der Waals surface area (Å²) in [5, 5.41) is 1.09. The van der Waals surface area contributed by atoms with Crippen LogP contribution in [0.2, 0.25) is 0 Å². The van der Waals surface area contributed by atoms with E-state index in [4.69, 9.17) is 4.42 Å². The second-order valence-corrected chi connectivity index (χ2v) is 8.24. The standard InChI is InChI=1S/C25H28N2O2/c1-19-15-20(2)25-23(16-19)22(17-24(28)29-25)18-27-13-11-26(12-14-27)10-6-9-21-7-4-3-5-8-21/h3-9,15-17H,10-14,18H2,1-2H3/p+2/b9-6+. The smallest absolute Gasteiger partial charge is 0.336 e. The van der Waals surface area contributed by atoms with E-state index in [1.165, 1.54) is 11.1 Å². The number of piperazine rings is 1. The molecule has 0 spiro atoms. The van der Waals surface area contributed by atoms with Gasteiger partial charge in [-0.05, 0) is 42.7 Å². The highest BCUT2D eigenvalue weighted by Gasteiger charge is 2.23. The Bertz CT molecular complexity index is 1060. The summed E-state index contributed by atoms with van der Waals surface area (Å²) < 4.78 is 5.50. The molecule has 0 unspecified atom stereocenters. The van der Waals surface area contributed by atoms with Crippen LogP contribution in [0.25, 0.3) is 17.0 Å². The number of hydrogen-bond acceptors (Lipinski definition) is 2. The Morgan fingerprint density at radius 1 is 0.966 bits per heavy atom. The molecule has 0 radical (unpaired) electrons. The van der Waals surface area contributed by atoms with E-state index in [2.05, 4.69) is 55.5 Å². The molecule has 4 nitrogen and oxygen atoms in total. The first kappa shape index (κ1) is 19.6. The van der Waals surface area contributed by atoms with Gasteiger partial charge in [0.1, 0.15) is 38.3 Å². The third-order valence-corrected chi connectivity index (χ3v) is 5.88. The van der Waals surface area contributed by atoms with Crippen molar-refractivity contribution in [1.29, 1.82) is 0 Å². The van der Waals surface area contributed by atoms with Crippen LogP contribution < -0.4 is 15.4 Å². The van der Waals surface area contributed by atoms with E-state index >= 15 is 0 Å². The van der Waals surface area contributed by atoms with Crippen LogP contribution in [0.5, 0.6) is 0 Å². The maximum absolute atomic E-state index is 12.1. The summed E-state index contributed by atoms with van der Waals surface area (Å²) in [5.74, 6) is 0. The fourth-order valence-electron chi connectivity index (χ4n) is 4.36. The quantitative estimate of drug-likeness (QED) is 0.647. The van der Waals surface area contributed by atoms with E-state index < -0.39 is 0 Å². The normalized spacial score (nSPS) is 19.8. The molecular formula is C25H30N2O2+2. The molecule has 1 aliphatic rings. The first-order valence-corrected chi connectivity index (χ1v) is 10.5. The van der Waals surface area contributed by atoms with Gasteiger partial charge in [-0.1, -0.05) is 42.5 Å². The van der Waals surface area contributed by atoms with Gasteiger partial charge < -0.3 is 14.2 Å². The molecule has 0 atom stereocenters. The summed E-state index contributed by atoms with van der Waals surface area (Å²) in [5.41, 5.74) is 5.12. The molecular weight excluding hydrogens is 360 g/mol. The summed E-state index contributed by atoms with van der Waals surface area (Å²) in [7, 11) is 0. The lowest BCUT2D eigenvalue weighted by atomic mass is 10.0. The molecule has 0 aliphatic carbocycles. The number of rotatable bonds is 5. The molecule has 0 bridgehead atoms. The van der Waals surface area contributed by atoms with Gasteiger partial charge in [-0.25, -0.2) is 4.79 Å². The Kier molecular flexibility index (Phi) is 5.93. The summed E-state index contributed by atoms with van der Waals surface area (Å²) in [4.78, 5) is 15.3. The zero-order valence-electron chi connectivity index (χ0n) is 17.3. The molecule has 3 aromatic rings. The van der Waals surface area contributed by atoms with Gasteiger partial charge in [-0.2, -0.15) is 0 Å². The molecule has 2 heterocycles. The van der Waals surface area contributed by atoms with Crippen molar-refractivity contribution in [2.45, 2.75) is 20.4 Å². The minimum Gasteiger partial charge on any atom is -0.422 e. The second kappa shape index (κ2) is 8.76. The third kappa shape index (κ3) is 4.84. The van der Waals surface area contributed by atoms with Crippen LogP contribution >= 0.6 is 0 Å². The minimum absolute atomic E-state index is 0.242. The maximum atomic E-state index is 12.1. The largest absolute Gasteiger partial charge is 0.422 e. The average molecular weight is 391 g/mol. The molecule has 1 saturated heterocycles. The highest BCUT2D eigenvalue weighted by atomic mass is 16.4. The number of aryl methyl sites for hydroxylation is 2. The number of nitrogens with one attached hydrogen (secondary N) is 2.